The Kier molecular flexibility index (Phi) is 5.15. The van der Waals surface area contributed by atoms with Gasteiger partial charge in [0.2, 0.25) is 10.0 Å². The Labute approximate surface area is 132 Å². The van der Waals surface area contributed by atoms with Crippen molar-refractivity contribution < 1.29 is 8.42 Å². The zero-order chi connectivity index (χ0) is 15.5. The average molecular weight is 373 g/mol. The van der Waals surface area contributed by atoms with E-state index in [9.17, 15) is 8.42 Å². The molecule has 0 bridgehead atoms. The zero-order valence-corrected chi connectivity index (χ0v) is 14.1. The number of nitrogens with zero attached hydrogens (tertiary/aromatic N) is 1. The highest BCUT2D eigenvalue weighted by Crippen LogP contribution is 2.24. The minimum absolute atomic E-state index is 0.209. The molecule has 8 heteroatoms. The van der Waals surface area contributed by atoms with Gasteiger partial charge in [-0.05, 0) is 47.6 Å². The fraction of sp³-hybridized carbons (Fsp3) is 0.308. The summed E-state index contributed by atoms with van der Waals surface area (Å²) in [6.07, 6.45) is 3.24. The van der Waals surface area contributed by atoms with Crippen molar-refractivity contribution >= 4 is 26.0 Å². The molecule has 2 rings (SSSR count). The van der Waals surface area contributed by atoms with Crippen molar-refractivity contribution in [3.63, 3.8) is 0 Å². The summed E-state index contributed by atoms with van der Waals surface area (Å²) in [6, 6.07) is 4.73. The number of hydrogen-bond acceptors (Lipinski definition) is 4. The molecule has 0 aliphatic carbocycles. The lowest BCUT2D eigenvalue weighted by Crippen LogP contribution is -2.28. The number of rotatable bonds is 6. The summed E-state index contributed by atoms with van der Waals surface area (Å²) in [4.78, 5) is 7.15. The fourth-order valence-corrected chi connectivity index (χ4v) is 4.28. The number of hydrogen-bond donors (Lipinski definition) is 3. The summed E-state index contributed by atoms with van der Waals surface area (Å²) in [5.41, 5.74) is 1.00. The molecule has 1 unspecified atom stereocenters. The van der Waals surface area contributed by atoms with E-state index in [2.05, 4.69) is 35.9 Å². The molecule has 0 aliphatic heterocycles. The third kappa shape index (κ3) is 3.91. The van der Waals surface area contributed by atoms with Crippen LogP contribution in [0.25, 0.3) is 0 Å². The fourth-order valence-electron chi connectivity index (χ4n) is 1.94. The first-order valence-electron chi connectivity index (χ1n) is 6.38. The van der Waals surface area contributed by atoms with Gasteiger partial charge >= 0.3 is 0 Å². The molecular weight excluding hydrogens is 356 g/mol. The normalized spacial score (nSPS) is 13.3. The summed E-state index contributed by atoms with van der Waals surface area (Å²) in [6.45, 7) is 2.41. The Morgan fingerprint density at radius 3 is 2.76 bits per heavy atom. The van der Waals surface area contributed by atoms with Gasteiger partial charge in [0.15, 0.2) is 0 Å². The third-order valence-electron chi connectivity index (χ3n) is 2.93. The second-order valence-corrected chi connectivity index (χ2v) is 7.15. The maximum Gasteiger partial charge on any atom is 0.242 e. The molecule has 3 N–H and O–H groups in total. The molecule has 0 aliphatic rings. The van der Waals surface area contributed by atoms with Gasteiger partial charge in [0, 0.05) is 23.4 Å². The van der Waals surface area contributed by atoms with Gasteiger partial charge in [-0.3, -0.25) is 0 Å². The SMILES string of the molecule is CNCc1ccc(S(=O)(=O)NC(C)c2ncc[nH]2)c(Br)c1. The van der Waals surface area contributed by atoms with Gasteiger partial charge in [-0.1, -0.05) is 6.07 Å². The van der Waals surface area contributed by atoms with Crippen LogP contribution in [0, 0.1) is 0 Å². The van der Waals surface area contributed by atoms with Gasteiger partial charge in [0.1, 0.15) is 5.82 Å². The number of imidazole rings is 1. The van der Waals surface area contributed by atoms with Crippen molar-refractivity contribution in [1.29, 1.82) is 0 Å². The lowest BCUT2D eigenvalue weighted by Gasteiger charge is -2.14. The molecule has 6 nitrogen and oxygen atoms in total. The second-order valence-electron chi connectivity index (χ2n) is 4.61. The average Bonchev–Trinajstić information content (AvgIpc) is 2.92. The van der Waals surface area contributed by atoms with E-state index in [4.69, 9.17) is 0 Å². The van der Waals surface area contributed by atoms with Crippen LogP contribution in [-0.4, -0.2) is 25.4 Å². The molecule has 0 saturated carbocycles. The maximum atomic E-state index is 12.4. The number of sulfonamides is 1. The second kappa shape index (κ2) is 6.69. The summed E-state index contributed by atoms with van der Waals surface area (Å²) in [5, 5.41) is 3.02. The molecule has 1 heterocycles. The molecule has 1 aromatic carbocycles. The van der Waals surface area contributed by atoms with Crippen molar-refractivity contribution in [3.05, 3.63) is 46.5 Å². The molecule has 21 heavy (non-hydrogen) atoms. The van der Waals surface area contributed by atoms with Crippen molar-refractivity contribution in [1.82, 2.24) is 20.0 Å². The maximum absolute atomic E-state index is 12.4. The minimum Gasteiger partial charge on any atom is -0.347 e. The summed E-state index contributed by atoms with van der Waals surface area (Å²) >= 11 is 3.32. The lowest BCUT2D eigenvalue weighted by molar-refractivity contribution is 0.560. The van der Waals surface area contributed by atoms with Crippen molar-refractivity contribution in [3.8, 4) is 0 Å². The number of aromatic nitrogens is 2. The van der Waals surface area contributed by atoms with Crippen molar-refractivity contribution in [2.75, 3.05) is 7.05 Å². The van der Waals surface area contributed by atoms with E-state index in [1.54, 1.807) is 37.5 Å². The molecule has 0 saturated heterocycles. The van der Waals surface area contributed by atoms with Gasteiger partial charge in [-0.15, -0.1) is 0 Å². The zero-order valence-electron chi connectivity index (χ0n) is 11.7. The number of nitrogens with one attached hydrogen (secondary N) is 3. The van der Waals surface area contributed by atoms with Gasteiger partial charge in [0.05, 0.1) is 10.9 Å². The largest absolute Gasteiger partial charge is 0.347 e. The first kappa shape index (κ1) is 16.2. The van der Waals surface area contributed by atoms with E-state index in [-0.39, 0.29) is 4.90 Å². The van der Waals surface area contributed by atoms with Crippen LogP contribution in [0.2, 0.25) is 0 Å². The monoisotopic (exact) mass is 372 g/mol. The predicted molar refractivity (Wildman–Crippen MR) is 84.2 cm³/mol. The summed E-state index contributed by atoms with van der Waals surface area (Å²) < 4.78 is 28.0. The highest BCUT2D eigenvalue weighted by atomic mass is 79.9. The standard InChI is InChI=1S/C13H17BrN4O2S/c1-9(13-16-5-6-17-13)18-21(19,20)12-4-3-10(8-15-2)7-11(12)14/h3-7,9,15,18H,8H2,1-2H3,(H,16,17). The molecule has 1 aromatic heterocycles. The van der Waals surface area contributed by atoms with Gasteiger partial charge in [-0.25, -0.2) is 18.1 Å². The number of benzene rings is 1. The molecule has 0 radical (unpaired) electrons. The minimum atomic E-state index is -3.63. The van der Waals surface area contributed by atoms with Gasteiger partial charge in [0.25, 0.3) is 0 Å². The molecule has 2 aromatic rings. The molecular formula is C13H17BrN4O2S. The van der Waals surface area contributed by atoms with Gasteiger partial charge in [-0.2, -0.15) is 0 Å². The Morgan fingerprint density at radius 1 is 1.43 bits per heavy atom. The van der Waals surface area contributed by atoms with E-state index in [0.29, 0.717) is 16.8 Å². The Hall–Kier alpha value is -1.22. The molecule has 1 atom stereocenters. The molecule has 0 amide bonds. The van der Waals surface area contributed by atoms with Crippen molar-refractivity contribution in [2.45, 2.75) is 24.4 Å². The number of H-pyrrole nitrogens is 1. The van der Waals surface area contributed by atoms with Crippen LogP contribution in [-0.2, 0) is 16.6 Å². The van der Waals surface area contributed by atoms with Crippen LogP contribution in [0.15, 0.2) is 40.0 Å². The Balaban J connectivity index is 2.23. The first-order valence-corrected chi connectivity index (χ1v) is 8.66. The smallest absolute Gasteiger partial charge is 0.242 e. The van der Waals surface area contributed by atoms with Gasteiger partial charge < -0.3 is 10.3 Å². The first-order chi connectivity index (χ1) is 9.94. The van der Waals surface area contributed by atoms with Crippen LogP contribution in [0.1, 0.15) is 24.4 Å². The summed E-state index contributed by atoms with van der Waals surface area (Å²) in [7, 11) is -1.79. The van der Waals surface area contributed by atoms with Crippen LogP contribution in [0.3, 0.4) is 0 Å². The Bertz CT molecular complexity index is 701. The summed E-state index contributed by atoms with van der Waals surface area (Å²) in [5.74, 6) is 0.571. The number of aromatic amines is 1. The predicted octanol–water partition coefficient (Wildman–Crippen LogP) is 1.93. The highest BCUT2D eigenvalue weighted by molar-refractivity contribution is 9.10. The van der Waals surface area contributed by atoms with Crippen LogP contribution < -0.4 is 10.0 Å². The quantitative estimate of drug-likeness (QED) is 0.722. The van der Waals surface area contributed by atoms with E-state index in [1.165, 1.54) is 0 Å². The third-order valence-corrected chi connectivity index (χ3v) is 5.45. The van der Waals surface area contributed by atoms with E-state index < -0.39 is 16.1 Å². The molecule has 0 fully saturated rings. The topological polar surface area (TPSA) is 86.9 Å². The van der Waals surface area contributed by atoms with Crippen molar-refractivity contribution in [2.24, 2.45) is 0 Å². The number of halogens is 1. The highest BCUT2D eigenvalue weighted by Gasteiger charge is 2.22. The van der Waals surface area contributed by atoms with Crippen LogP contribution >= 0.6 is 15.9 Å². The van der Waals surface area contributed by atoms with E-state index in [1.807, 2.05) is 7.05 Å². The van der Waals surface area contributed by atoms with Crippen LogP contribution in [0.5, 0.6) is 0 Å². The molecule has 114 valence electrons. The Morgan fingerprint density at radius 2 is 2.19 bits per heavy atom. The van der Waals surface area contributed by atoms with E-state index >= 15 is 0 Å². The van der Waals surface area contributed by atoms with E-state index in [0.717, 1.165) is 5.56 Å². The lowest BCUT2D eigenvalue weighted by atomic mass is 10.2. The van der Waals surface area contributed by atoms with Crippen LogP contribution in [0.4, 0.5) is 0 Å². The molecule has 0 spiro atoms.